The molecule has 7 heteroatoms. The molecule has 0 aromatic heterocycles. The van der Waals surface area contributed by atoms with Crippen molar-refractivity contribution >= 4 is 17.5 Å². The highest BCUT2D eigenvalue weighted by Gasteiger charge is 2.33. The number of allylic oxidation sites excluding steroid dienone is 2. The highest BCUT2D eigenvalue weighted by atomic mass is 16.3. The van der Waals surface area contributed by atoms with E-state index in [0.717, 1.165) is 11.3 Å². The second kappa shape index (κ2) is 6.55. The molecule has 1 aromatic rings. The van der Waals surface area contributed by atoms with E-state index < -0.39 is 5.85 Å². The number of anilines is 1. The molecular weight excluding hydrogens is 304 g/mol. The van der Waals surface area contributed by atoms with Crippen LogP contribution in [0.1, 0.15) is 12.5 Å². The summed E-state index contributed by atoms with van der Waals surface area (Å²) in [5, 5.41) is 31.2. The average molecular weight is 322 g/mol. The molecule has 0 aliphatic carbocycles. The van der Waals surface area contributed by atoms with Gasteiger partial charge in [-0.3, -0.25) is 5.73 Å². The van der Waals surface area contributed by atoms with Gasteiger partial charge in [0.1, 0.15) is 12.1 Å². The Morgan fingerprint density at radius 3 is 2.38 bits per heavy atom. The van der Waals surface area contributed by atoms with Crippen LogP contribution in [0.4, 0.5) is 5.69 Å². The van der Waals surface area contributed by atoms with Crippen LogP contribution in [0.15, 0.2) is 46.2 Å². The van der Waals surface area contributed by atoms with Gasteiger partial charge < -0.3 is 15.3 Å². The summed E-state index contributed by atoms with van der Waals surface area (Å²) >= 11 is 0. The molecule has 1 unspecified atom stereocenters. The molecule has 122 valence electrons. The van der Waals surface area contributed by atoms with Crippen molar-refractivity contribution in [3.8, 4) is 12.1 Å². The third kappa shape index (κ3) is 3.44. The summed E-state index contributed by atoms with van der Waals surface area (Å²) in [5.41, 5.74) is 8.08. The average Bonchev–Trinajstić information content (AvgIpc) is 2.63. The quantitative estimate of drug-likeness (QED) is 0.700. The van der Waals surface area contributed by atoms with E-state index >= 15 is 0 Å². The minimum Gasteiger partial charge on any atom is -0.378 e. The Hall–Kier alpha value is -3.13. The van der Waals surface area contributed by atoms with Gasteiger partial charge in [0.25, 0.3) is 0 Å². The molecule has 0 radical (unpaired) electrons. The second-order valence-corrected chi connectivity index (χ2v) is 5.58. The monoisotopic (exact) mass is 322 g/mol. The molecule has 1 aromatic carbocycles. The van der Waals surface area contributed by atoms with Gasteiger partial charge in [-0.1, -0.05) is 12.1 Å². The Morgan fingerprint density at radius 1 is 1.25 bits per heavy atom. The predicted octanol–water partition coefficient (Wildman–Crippen LogP) is 1.06. The van der Waals surface area contributed by atoms with Crippen molar-refractivity contribution < 1.29 is 5.11 Å². The number of aliphatic hydroxyl groups is 1. The molecule has 7 nitrogen and oxygen atoms in total. The summed E-state index contributed by atoms with van der Waals surface area (Å²) in [6.45, 7) is 1.62. The number of benzene rings is 1. The van der Waals surface area contributed by atoms with Crippen LogP contribution in [0.5, 0.6) is 0 Å². The summed E-state index contributed by atoms with van der Waals surface area (Å²) in [6, 6.07) is 11.2. The van der Waals surface area contributed by atoms with Gasteiger partial charge >= 0.3 is 0 Å². The Labute approximate surface area is 140 Å². The number of nitrogens with two attached hydrogens (primary N) is 1. The fourth-order valence-electron chi connectivity index (χ4n) is 2.29. The van der Waals surface area contributed by atoms with Crippen molar-refractivity contribution in [3.05, 3.63) is 46.8 Å². The predicted molar refractivity (Wildman–Crippen MR) is 92.4 cm³/mol. The molecule has 1 aliphatic rings. The van der Waals surface area contributed by atoms with E-state index in [4.69, 9.17) is 16.3 Å². The number of nitriles is 2. The number of aliphatic imine (C=N–C) groups is 1. The summed E-state index contributed by atoms with van der Waals surface area (Å²) in [4.78, 5) is 6.07. The fraction of sp³-hybridized carbons (Fsp3) is 0.235. The number of nitrogens with one attached hydrogen (secondary N) is 1. The first-order chi connectivity index (χ1) is 11.3. The Kier molecular flexibility index (Phi) is 4.70. The summed E-state index contributed by atoms with van der Waals surface area (Å²) in [7, 11) is 3.88. The third-order valence-corrected chi connectivity index (χ3v) is 3.57. The molecule has 1 atom stereocenters. The van der Waals surface area contributed by atoms with Gasteiger partial charge in [-0.15, -0.1) is 0 Å². The molecule has 4 N–H and O–H groups in total. The van der Waals surface area contributed by atoms with Crippen LogP contribution >= 0.6 is 0 Å². The smallest absolute Gasteiger partial charge is 0.220 e. The molecule has 24 heavy (non-hydrogen) atoms. The van der Waals surface area contributed by atoms with Crippen LogP contribution < -0.4 is 16.0 Å². The maximum Gasteiger partial charge on any atom is 0.220 e. The topological polar surface area (TPSA) is 121 Å². The summed E-state index contributed by atoms with van der Waals surface area (Å²) < 4.78 is 0. The lowest BCUT2D eigenvalue weighted by molar-refractivity contribution is 0.0684. The van der Waals surface area contributed by atoms with Gasteiger partial charge in [-0.25, -0.2) is 4.99 Å². The van der Waals surface area contributed by atoms with Crippen molar-refractivity contribution in [3.63, 3.8) is 0 Å². The first kappa shape index (κ1) is 17.2. The zero-order valence-electron chi connectivity index (χ0n) is 13.7. The van der Waals surface area contributed by atoms with Crippen molar-refractivity contribution in [2.45, 2.75) is 12.8 Å². The summed E-state index contributed by atoms with van der Waals surface area (Å²) in [6.07, 6.45) is 1.67. The maximum atomic E-state index is 10.5. The van der Waals surface area contributed by atoms with Crippen LogP contribution in [0.3, 0.4) is 0 Å². The minimum atomic E-state index is -2.02. The van der Waals surface area contributed by atoms with Crippen LogP contribution in [0, 0.1) is 22.7 Å². The van der Waals surface area contributed by atoms with Crippen molar-refractivity contribution in [1.29, 1.82) is 10.5 Å². The first-order valence-corrected chi connectivity index (χ1v) is 7.17. The molecular formula is C17H18N6O. The van der Waals surface area contributed by atoms with E-state index in [1.165, 1.54) is 0 Å². The zero-order chi connectivity index (χ0) is 17.9. The SMILES string of the molecule is CC1=NC(C#N)=C(C#N)NC(N)(O)/C1=C\c1ccc(N(C)C)cc1. The molecule has 0 saturated heterocycles. The fourth-order valence-corrected chi connectivity index (χ4v) is 2.29. The van der Waals surface area contributed by atoms with Gasteiger partial charge in [-0.05, 0) is 30.7 Å². The van der Waals surface area contributed by atoms with Crippen LogP contribution in [-0.2, 0) is 0 Å². The Morgan fingerprint density at radius 2 is 1.88 bits per heavy atom. The van der Waals surface area contributed by atoms with Crippen molar-refractivity contribution in [2.75, 3.05) is 19.0 Å². The van der Waals surface area contributed by atoms with Crippen LogP contribution in [-0.4, -0.2) is 30.8 Å². The largest absolute Gasteiger partial charge is 0.378 e. The van der Waals surface area contributed by atoms with Crippen LogP contribution in [0.2, 0.25) is 0 Å². The van der Waals surface area contributed by atoms with E-state index in [1.807, 2.05) is 49.3 Å². The van der Waals surface area contributed by atoms with E-state index in [9.17, 15) is 5.11 Å². The normalized spacial score (nSPS) is 22.1. The molecule has 1 aliphatic heterocycles. The molecule has 1 heterocycles. The maximum absolute atomic E-state index is 10.5. The number of nitrogens with zero attached hydrogens (tertiary/aromatic N) is 4. The van der Waals surface area contributed by atoms with Gasteiger partial charge in [-0.2, -0.15) is 10.5 Å². The zero-order valence-corrected chi connectivity index (χ0v) is 13.7. The van der Waals surface area contributed by atoms with Gasteiger partial charge in [0.05, 0.1) is 0 Å². The lowest BCUT2D eigenvalue weighted by Crippen LogP contribution is -2.55. The second-order valence-electron chi connectivity index (χ2n) is 5.58. The van der Waals surface area contributed by atoms with E-state index in [1.54, 1.807) is 19.1 Å². The molecule has 0 spiro atoms. The van der Waals surface area contributed by atoms with E-state index in [2.05, 4.69) is 10.3 Å². The van der Waals surface area contributed by atoms with Gasteiger partial charge in [0.15, 0.2) is 11.4 Å². The highest BCUT2D eigenvalue weighted by Crippen LogP contribution is 2.23. The Balaban J connectivity index is 2.50. The van der Waals surface area contributed by atoms with Gasteiger partial charge in [0, 0.05) is 31.1 Å². The first-order valence-electron chi connectivity index (χ1n) is 7.17. The number of hydrogen-bond acceptors (Lipinski definition) is 7. The van der Waals surface area contributed by atoms with Crippen molar-refractivity contribution in [1.82, 2.24) is 5.32 Å². The molecule has 2 rings (SSSR count). The Bertz CT molecular complexity index is 816. The lowest BCUT2D eigenvalue weighted by Gasteiger charge is -2.26. The number of hydrogen-bond donors (Lipinski definition) is 3. The lowest BCUT2D eigenvalue weighted by atomic mass is 10.0. The van der Waals surface area contributed by atoms with Crippen LogP contribution in [0.25, 0.3) is 6.08 Å². The standard InChI is InChI=1S/C17H18N6O/c1-11-14(8-12-4-6-13(7-5-12)23(2)3)17(20,24)22-16(10-19)15(9-18)21-11/h4-8,22,24H,20H2,1-3H3/b14-8-. The van der Waals surface area contributed by atoms with E-state index in [-0.39, 0.29) is 17.0 Å². The molecule has 0 fully saturated rings. The molecule has 0 bridgehead atoms. The van der Waals surface area contributed by atoms with E-state index in [0.29, 0.717) is 5.71 Å². The third-order valence-electron chi connectivity index (χ3n) is 3.57. The van der Waals surface area contributed by atoms with Gasteiger partial charge in [0.2, 0.25) is 5.85 Å². The highest BCUT2D eigenvalue weighted by molar-refractivity contribution is 6.04. The minimum absolute atomic E-state index is 0.120. The van der Waals surface area contributed by atoms with Crippen molar-refractivity contribution in [2.24, 2.45) is 10.7 Å². The summed E-state index contributed by atoms with van der Waals surface area (Å²) in [5.74, 6) is -2.02. The molecule has 0 saturated carbocycles. The molecule has 0 amide bonds. The number of rotatable bonds is 2.